The van der Waals surface area contributed by atoms with Gasteiger partial charge in [-0.05, 0) is 130 Å². The van der Waals surface area contributed by atoms with Crippen molar-refractivity contribution < 1.29 is 77.6 Å². The van der Waals surface area contributed by atoms with E-state index in [2.05, 4.69) is 105 Å². The molecule has 0 saturated heterocycles. The molecular formula is C71H114N10O17P2+2. The molecule has 5 aromatic heterocycles. The van der Waals surface area contributed by atoms with Crippen LogP contribution in [0.15, 0.2) is 97.7 Å². The summed E-state index contributed by atoms with van der Waals surface area (Å²) in [6, 6.07) is 0. The summed E-state index contributed by atoms with van der Waals surface area (Å²) >= 11 is 0. The number of aliphatic hydroxyl groups excluding tert-OH is 6. The van der Waals surface area contributed by atoms with Crippen LogP contribution in [-0.2, 0) is 18.2 Å². The fraction of sp³-hybridized carbons (Fsp3) is 0.718. The normalized spacial score (nSPS) is 31.6. The average Bonchev–Trinajstić information content (AvgIpc) is 1.73. The number of hydrogen-bond acceptors (Lipinski definition) is 24. The van der Waals surface area contributed by atoms with Crippen molar-refractivity contribution in [1.29, 1.82) is 0 Å². The first-order chi connectivity index (χ1) is 48.1. The second-order valence-corrected chi connectivity index (χ2v) is 28.8. The standard InChI is InChI=1S/C12H18N2O.C11H15N2O4P.C11H16N2O2.C10H13N2O5P.2C8H16O.C7H14O2.C4H4N2O/c1-3-10-7-11(6-9(10)2)15-12-8-13-4-5-14-12;1-2-8-5-9(6-10(8)17-18(14)15)16-11-7-12-3-4-13-11;1-2-8-5-9(6-10(8)14)15-11-7-12-3-4-13-11;13-6-7-3-8(4-9(7)17-18(14)15)16-10-5-11-1-2-12-10;2*1-3-7-5-8(9)4-6(7)2;1-5-2-7(9)3-6(5)4-8;7-4-3-5-1-2-6-4/h4-5,8-11H,3,6-7H2,1-2H3;3-4,7-10H,2,5-6H2,1H3;3-4,7-10,14H,2,5-6H2,1H3;1-2,5,7-9,13H,3-4,6H2;2*6-9H,3-5H2,1-2H3;5-9H,2-4H2,1H3;1-3H,(H,6,7)/p+2/t9-,10-,11-;2*8-,9+,10-;7-,8-,9+;2*6-,7-,8+;5-,6+,7+;/m0001000./s1. The summed E-state index contributed by atoms with van der Waals surface area (Å²) in [6.07, 6.45) is 40.2. The molecule has 7 aliphatic carbocycles. The number of rotatable bonds is 19. The lowest BCUT2D eigenvalue weighted by atomic mass is 9.96. The molecule has 2 unspecified atom stereocenters. The number of nitrogens with one attached hydrogen (secondary N) is 1. The summed E-state index contributed by atoms with van der Waals surface area (Å²) in [5.41, 5.74) is -0.164. The molecule has 23 atom stereocenters. The first-order valence-corrected chi connectivity index (χ1v) is 38.1. The SMILES string of the molecule is CC[C@H]1C[C@@H](Oc2cnccn2)C[C@@H]1C.CC[C@H]1C[C@@H](Oc2cnccn2)C[C@@H]1O.CC[C@H]1C[C@@H](Oc2cnccn2)C[C@@H]1O[P+](=O)O.CC[C@H]1C[C@H](O)C[C@@H]1C.CC[C@H]1C[C@H](O)C[C@@H]1C.C[C@H]1C[C@@H](O)C[C@@H]1CO.O=[P+](O)O[C@H]1C[C@H](Oc2cnccn2)C[C@@H]1CO.O=c1cncc[nH]1. The van der Waals surface area contributed by atoms with Gasteiger partial charge in [0.25, 0.3) is 5.56 Å². The van der Waals surface area contributed by atoms with Gasteiger partial charge in [0.2, 0.25) is 23.5 Å². The minimum atomic E-state index is -2.67. The Morgan fingerprint density at radius 1 is 0.390 bits per heavy atom. The second-order valence-electron chi connectivity index (χ2n) is 27.5. The molecule has 0 bridgehead atoms. The maximum Gasteiger partial charge on any atom is 0.695 e. The third kappa shape index (κ3) is 31.4. The lowest BCUT2D eigenvalue weighted by Gasteiger charge is -2.11. The quantitative estimate of drug-likeness (QED) is 0.0347. The van der Waals surface area contributed by atoms with E-state index in [1.807, 2.05) is 6.92 Å². The van der Waals surface area contributed by atoms with Crippen LogP contribution < -0.4 is 24.5 Å². The third-order valence-electron chi connectivity index (χ3n) is 20.3. The van der Waals surface area contributed by atoms with Gasteiger partial charge in [0, 0.05) is 109 Å². The minimum absolute atomic E-state index is 0.00458. The molecule has 558 valence electrons. The van der Waals surface area contributed by atoms with Crippen molar-refractivity contribution in [2.75, 3.05) is 13.2 Å². The topological polar surface area (TPSA) is 400 Å². The van der Waals surface area contributed by atoms with Gasteiger partial charge in [-0.25, -0.2) is 19.9 Å². The van der Waals surface area contributed by atoms with E-state index in [9.17, 15) is 34.4 Å². The highest BCUT2D eigenvalue weighted by molar-refractivity contribution is 7.32. The highest BCUT2D eigenvalue weighted by Gasteiger charge is 2.43. The van der Waals surface area contributed by atoms with E-state index in [0.717, 1.165) is 113 Å². The third-order valence-corrected chi connectivity index (χ3v) is 21.2. The fourth-order valence-corrected chi connectivity index (χ4v) is 15.6. The lowest BCUT2D eigenvalue weighted by Crippen LogP contribution is -2.18. The smallest absolute Gasteiger partial charge is 0.473 e. The number of ether oxygens (including phenoxy) is 4. The van der Waals surface area contributed by atoms with Gasteiger partial charge in [0.15, 0.2) is 0 Å². The Kier molecular flexibility index (Phi) is 39.7. The van der Waals surface area contributed by atoms with Crippen molar-refractivity contribution in [1.82, 2.24) is 49.8 Å². The number of aromatic nitrogens is 10. The van der Waals surface area contributed by atoms with E-state index in [4.69, 9.17) is 48.0 Å². The molecular weight excluding hydrogens is 1330 g/mol. The maximum absolute atomic E-state index is 10.7. The predicted octanol–water partition coefficient (Wildman–Crippen LogP) is 10.6. The minimum Gasteiger partial charge on any atom is -0.473 e. The summed E-state index contributed by atoms with van der Waals surface area (Å²) in [6.45, 7) is 19.8. The number of nitrogens with zero attached hydrogens (tertiary/aromatic N) is 9. The van der Waals surface area contributed by atoms with Crippen molar-refractivity contribution >= 4 is 16.5 Å². The molecule has 0 aromatic carbocycles. The summed E-state index contributed by atoms with van der Waals surface area (Å²) in [7, 11) is -5.22. The zero-order valence-electron chi connectivity index (χ0n) is 59.8. The van der Waals surface area contributed by atoms with Gasteiger partial charge in [-0.15, -0.1) is 18.8 Å². The van der Waals surface area contributed by atoms with Crippen LogP contribution in [0.2, 0.25) is 0 Å². The second kappa shape index (κ2) is 46.7. The van der Waals surface area contributed by atoms with Crippen molar-refractivity contribution in [2.24, 2.45) is 65.1 Å². The Bertz CT molecular complexity index is 2820. The van der Waals surface area contributed by atoms with Crippen LogP contribution in [0.25, 0.3) is 0 Å². The Morgan fingerprint density at radius 2 is 0.710 bits per heavy atom. The van der Waals surface area contributed by atoms with Crippen molar-refractivity contribution in [3.05, 3.63) is 103 Å². The number of H-pyrrole nitrogens is 1. The zero-order chi connectivity index (χ0) is 72.9. The Morgan fingerprint density at radius 3 is 0.980 bits per heavy atom. The van der Waals surface area contributed by atoms with Crippen LogP contribution in [0.4, 0.5) is 0 Å². The molecule has 0 radical (unpaired) electrons. The van der Waals surface area contributed by atoms with Gasteiger partial charge in [0.05, 0.1) is 55.4 Å². The highest BCUT2D eigenvalue weighted by atomic mass is 31.1. The van der Waals surface area contributed by atoms with Crippen molar-refractivity contribution in [3.8, 4) is 23.5 Å². The van der Waals surface area contributed by atoms with Crippen LogP contribution in [-0.4, -0.2) is 165 Å². The number of aromatic amines is 1. The van der Waals surface area contributed by atoms with E-state index in [1.54, 1.807) is 62.0 Å². The Balaban J connectivity index is 0.000000210. The summed E-state index contributed by atoms with van der Waals surface area (Å²) in [4.78, 5) is 65.6. The predicted molar refractivity (Wildman–Crippen MR) is 375 cm³/mol. The Labute approximate surface area is 591 Å². The van der Waals surface area contributed by atoms with Crippen molar-refractivity contribution in [3.63, 3.8) is 0 Å². The molecule has 5 aromatic rings. The zero-order valence-corrected chi connectivity index (χ0v) is 61.6. The largest absolute Gasteiger partial charge is 0.695 e. The molecule has 7 saturated carbocycles. The summed E-state index contributed by atoms with van der Waals surface area (Å²) in [5, 5.41) is 55.1. The van der Waals surface area contributed by atoms with Gasteiger partial charge in [-0.2, -0.15) is 0 Å². The van der Waals surface area contributed by atoms with Gasteiger partial charge in [-0.3, -0.25) is 29.7 Å². The first kappa shape index (κ1) is 84.9. The monoisotopic (exact) mass is 1440 g/mol. The fourth-order valence-electron chi connectivity index (χ4n) is 14.6. The average molecular weight is 1440 g/mol. The van der Waals surface area contributed by atoms with Crippen LogP contribution in [0.1, 0.15) is 184 Å². The molecule has 100 heavy (non-hydrogen) atoms. The molecule has 0 amide bonds. The maximum atomic E-state index is 10.7. The van der Waals surface area contributed by atoms with E-state index >= 15 is 0 Å². The molecule has 12 rings (SSSR count). The first-order valence-electron chi connectivity index (χ1n) is 35.9. The molecule has 7 aliphatic rings. The molecule has 0 aliphatic heterocycles. The van der Waals surface area contributed by atoms with Gasteiger partial charge < -0.3 is 54.6 Å². The molecule has 0 spiro atoms. The highest BCUT2D eigenvalue weighted by Crippen LogP contribution is 2.40. The summed E-state index contributed by atoms with van der Waals surface area (Å²) in [5.74, 6) is 8.03. The molecule has 7 fully saturated rings. The molecule has 27 nitrogen and oxygen atoms in total. The molecule has 29 heteroatoms. The van der Waals surface area contributed by atoms with Crippen LogP contribution in [0, 0.1) is 65.1 Å². The van der Waals surface area contributed by atoms with Crippen LogP contribution in [0.3, 0.4) is 0 Å². The summed E-state index contributed by atoms with van der Waals surface area (Å²) < 4.78 is 54.0. The van der Waals surface area contributed by atoms with E-state index in [0.29, 0.717) is 73.1 Å². The Hall–Kier alpha value is -5.80. The lowest BCUT2D eigenvalue weighted by molar-refractivity contribution is 0.105. The van der Waals surface area contributed by atoms with E-state index < -0.39 is 22.6 Å². The van der Waals surface area contributed by atoms with Gasteiger partial charge in [0.1, 0.15) is 36.6 Å². The van der Waals surface area contributed by atoms with Crippen molar-refractivity contribution in [2.45, 2.75) is 245 Å². The number of aliphatic hydroxyl groups is 6. The van der Waals surface area contributed by atoms with E-state index in [1.165, 1.54) is 50.2 Å². The van der Waals surface area contributed by atoms with Crippen LogP contribution in [0.5, 0.6) is 23.5 Å². The van der Waals surface area contributed by atoms with Gasteiger partial charge in [-0.1, -0.05) is 94.4 Å². The molecule has 9 N–H and O–H groups in total. The van der Waals surface area contributed by atoms with Gasteiger partial charge >= 0.3 is 16.5 Å². The number of hydrogen-bond donors (Lipinski definition) is 9. The van der Waals surface area contributed by atoms with Crippen LogP contribution >= 0.6 is 16.5 Å². The van der Waals surface area contributed by atoms with E-state index in [-0.39, 0.29) is 79.4 Å². The molecule has 5 heterocycles.